The van der Waals surface area contributed by atoms with Gasteiger partial charge in [-0.15, -0.1) is 0 Å². The van der Waals surface area contributed by atoms with E-state index in [2.05, 4.69) is 35.0 Å². The van der Waals surface area contributed by atoms with Gasteiger partial charge < -0.3 is 20.3 Å². The summed E-state index contributed by atoms with van der Waals surface area (Å²) in [5.74, 6) is 1.86. The number of nitrogens with zero attached hydrogens (tertiary/aromatic N) is 2. The molecule has 148 valence electrons. The van der Waals surface area contributed by atoms with Gasteiger partial charge in [-0.05, 0) is 37.3 Å². The molecule has 1 aromatic carbocycles. The van der Waals surface area contributed by atoms with Crippen LogP contribution in [0.2, 0.25) is 0 Å². The number of hydrogen-bond acceptors (Lipinski definition) is 5. The topological polar surface area (TPSA) is 105 Å². The SMILES string of the molecule is CC[C@H](C)[C@@H](NC(=O)CCCCC[NH3+])c1nc(-c2cccc(OC)c2)no1. The van der Waals surface area contributed by atoms with Crippen LogP contribution in [0.5, 0.6) is 5.75 Å². The number of carbonyl (C=O) groups is 1. The summed E-state index contributed by atoms with van der Waals surface area (Å²) in [5, 5.41) is 7.17. The Labute approximate surface area is 160 Å². The van der Waals surface area contributed by atoms with Crippen molar-refractivity contribution < 1.29 is 19.8 Å². The van der Waals surface area contributed by atoms with Crippen LogP contribution >= 0.6 is 0 Å². The van der Waals surface area contributed by atoms with Crippen molar-refractivity contribution in [3.63, 3.8) is 0 Å². The summed E-state index contributed by atoms with van der Waals surface area (Å²) in [6.45, 7) is 5.06. The molecule has 0 aliphatic rings. The Kier molecular flexibility index (Phi) is 8.26. The highest BCUT2D eigenvalue weighted by molar-refractivity contribution is 5.76. The average Bonchev–Trinajstić information content (AvgIpc) is 3.19. The Morgan fingerprint density at radius 1 is 1.33 bits per heavy atom. The number of aromatic nitrogens is 2. The minimum Gasteiger partial charge on any atom is -0.497 e. The highest BCUT2D eigenvalue weighted by Crippen LogP contribution is 2.27. The predicted molar refractivity (Wildman–Crippen MR) is 103 cm³/mol. The number of ether oxygens (including phenoxy) is 1. The first-order valence-corrected chi connectivity index (χ1v) is 9.65. The number of quaternary nitrogens is 1. The lowest BCUT2D eigenvalue weighted by atomic mass is 9.98. The second-order valence-electron chi connectivity index (χ2n) is 6.78. The van der Waals surface area contributed by atoms with E-state index in [-0.39, 0.29) is 17.9 Å². The van der Waals surface area contributed by atoms with E-state index in [1.165, 1.54) is 0 Å². The van der Waals surface area contributed by atoms with Crippen molar-refractivity contribution in [2.24, 2.45) is 5.92 Å². The fourth-order valence-electron chi connectivity index (χ4n) is 2.81. The van der Waals surface area contributed by atoms with Crippen molar-refractivity contribution in [3.05, 3.63) is 30.2 Å². The van der Waals surface area contributed by atoms with E-state index in [9.17, 15) is 4.79 Å². The minimum atomic E-state index is -0.290. The number of carbonyl (C=O) groups excluding carboxylic acids is 1. The lowest BCUT2D eigenvalue weighted by Gasteiger charge is -2.20. The lowest BCUT2D eigenvalue weighted by molar-refractivity contribution is -0.368. The molecule has 7 nitrogen and oxygen atoms in total. The molecule has 0 saturated heterocycles. The maximum Gasteiger partial charge on any atom is 0.249 e. The molecule has 0 aliphatic heterocycles. The number of methoxy groups -OCH3 is 1. The second-order valence-corrected chi connectivity index (χ2v) is 6.78. The molecular formula is C20H31N4O3+. The molecule has 0 spiro atoms. The summed E-state index contributed by atoms with van der Waals surface area (Å²) in [6, 6.07) is 7.21. The highest BCUT2D eigenvalue weighted by atomic mass is 16.5. The molecule has 2 rings (SSSR count). The molecule has 0 bridgehead atoms. The molecule has 1 amide bonds. The Bertz CT molecular complexity index is 717. The van der Waals surface area contributed by atoms with Crippen molar-refractivity contribution in [3.8, 4) is 17.1 Å². The molecule has 1 heterocycles. The third-order valence-electron chi connectivity index (χ3n) is 4.72. The summed E-state index contributed by atoms with van der Waals surface area (Å²) in [7, 11) is 1.62. The Hall–Kier alpha value is -2.41. The molecule has 0 aliphatic carbocycles. The Morgan fingerprint density at radius 3 is 2.85 bits per heavy atom. The van der Waals surface area contributed by atoms with Gasteiger partial charge in [0.2, 0.25) is 17.6 Å². The van der Waals surface area contributed by atoms with E-state index in [0.717, 1.165) is 43.5 Å². The quantitative estimate of drug-likeness (QED) is 0.588. The molecule has 7 heteroatoms. The van der Waals surface area contributed by atoms with Gasteiger partial charge in [0.1, 0.15) is 11.8 Å². The van der Waals surface area contributed by atoms with Gasteiger partial charge in [-0.25, -0.2) is 0 Å². The van der Waals surface area contributed by atoms with E-state index in [0.29, 0.717) is 18.1 Å². The third kappa shape index (κ3) is 6.06. The van der Waals surface area contributed by atoms with Crippen molar-refractivity contribution in [2.45, 2.75) is 52.0 Å². The Morgan fingerprint density at radius 2 is 2.15 bits per heavy atom. The van der Waals surface area contributed by atoms with Gasteiger partial charge in [-0.3, -0.25) is 4.79 Å². The monoisotopic (exact) mass is 375 g/mol. The van der Waals surface area contributed by atoms with Crippen LogP contribution in [-0.4, -0.2) is 29.7 Å². The predicted octanol–water partition coefficient (Wildman–Crippen LogP) is 2.75. The van der Waals surface area contributed by atoms with Gasteiger partial charge in [0.05, 0.1) is 13.7 Å². The molecule has 2 atom stereocenters. The van der Waals surface area contributed by atoms with E-state index < -0.39 is 0 Å². The van der Waals surface area contributed by atoms with Crippen LogP contribution in [-0.2, 0) is 4.79 Å². The number of benzene rings is 1. The number of unbranched alkanes of at least 4 members (excludes halogenated alkanes) is 2. The first-order valence-electron chi connectivity index (χ1n) is 9.65. The van der Waals surface area contributed by atoms with Crippen LogP contribution in [0.15, 0.2) is 28.8 Å². The number of rotatable bonds is 11. The maximum atomic E-state index is 12.3. The van der Waals surface area contributed by atoms with Gasteiger partial charge in [0.25, 0.3) is 0 Å². The van der Waals surface area contributed by atoms with Crippen LogP contribution in [0.3, 0.4) is 0 Å². The van der Waals surface area contributed by atoms with Crippen molar-refractivity contribution in [1.29, 1.82) is 0 Å². The normalized spacial score (nSPS) is 13.2. The van der Waals surface area contributed by atoms with Gasteiger partial charge in [-0.1, -0.05) is 37.6 Å². The van der Waals surface area contributed by atoms with Crippen molar-refractivity contribution >= 4 is 5.91 Å². The van der Waals surface area contributed by atoms with Crippen molar-refractivity contribution in [2.75, 3.05) is 13.7 Å². The average molecular weight is 375 g/mol. The first kappa shape index (κ1) is 20.9. The summed E-state index contributed by atoms with van der Waals surface area (Å²) in [6.07, 6.45) is 4.34. The molecule has 0 unspecified atom stereocenters. The fourth-order valence-corrected chi connectivity index (χ4v) is 2.81. The van der Waals surface area contributed by atoms with Crippen LogP contribution < -0.4 is 15.8 Å². The molecule has 0 saturated carbocycles. The first-order chi connectivity index (χ1) is 13.1. The van der Waals surface area contributed by atoms with Gasteiger partial charge in [0.15, 0.2) is 0 Å². The summed E-state index contributed by atoms with van der Waals surface area (Å²) < 4.78 is 10.7. The number of amides is 1. The zero-order chi connectivity index (χ0) is 19.6. The molecule has 4 N–H and O–H groups in total. The fraction of sp³-hybridized carbons (Fsp3) is 0.550. The van der Waals surface area contributed by atoms with Crippen LogP contribution in [0.4, 0.5) is 0 Å². The highest BCUT2D eigenvalue weighted by Gasteiger charge is 2.26. The summed E-state index contributed by atoms with van der Waals surface area (Å²) in [4.78, 5) is 16.9. The maximum absolute atomic E-state index is 12.3. The van der Waals surface area contributed by atoms with E-state index in [1.54, 1.807) is 7.11 Å². The van der Waals surface area contributed by atoms with Gasteiger partial charge >= 0.3 is 0 Å². The largest absolute Gasteiger partial charge is 0.497 e. The molecular weight excluding hydrogens is 344 g/mol. The van der Waals surface area contributed by atoms with E-state index >= 15 is 0 Å². The summed E-state index contributed by atoms with van der Waals surface area (Å²) in [5.41, 5.74) is 4.64. The molecule has 2 aromatic rings. The molecule has 27 heavy (non-hydrogen) atoms. The lowest BCUT2D eigenvalue weighted by Crippen LogP contribution is -2.50. The van der Waals surface area contributed by atoms with Gasteiger partial charge in [0, 0.05) is 12.0 Å². The number of nitrogens with one attached hydrogen (secondary N) is 1. The smallest absolute Gasteiger partial charge is 0.249 e. The number of hydrogen-bond donors (Lipinski definition) is 2. The minimum absolute atomic E-state index is 0.0190. The van der Waals surface area contributed by atoms with E-state index in [4.69, 9.17) is 9.26 Å². The van der Waals surface area contributed by atoms with Crippen LogP contribution in [0.1, 0.15) is 57.9 Å². The van der Waals surface area contributed by atoms with Crippen LogP contribution in [0, 0.1) is 5.92 Å². The van der Waals surface area contributed by atoms with Gasteiger partial charge in [-0.2, -0.15) is 4.98 Å². The van der Waals surface area contributed by atoms with Crippen molar-refractivity contribution in [1.82, 2.24) is 15.5 Å². The molecule has 0 fully saturated rings. The summed E-state index contributed by atoms with van der Waals surface area (Å²) >= 11 is 0. The Balaban J connectivity index is 2.10. The second kappa shape index (κ2) is 10.7. The zero-order valence-corrected chi connectivity index (χ0v) is 16.5. The molecule has 0 radical (unpaired) electrons. The molecule has 1 aromatic heterocycles. The zero-order valence-electron chi connectivity index (χ0n) is 16.5. The van der Waals surface area contributed by atoms with E-state index in [1.807, 2.05) is 24.3 Å². The van der Waals surface area contributed by atoms with Crippen LogP contribution in [0.25, 0.3) is 11.4 Å². The third-order valence-corrected chi connectivity index (χ3v) is 4.72. The standard InChI is InChI=1S/C20H30N4O3/c1-4-14(2)18(22-17(25)11-6-5-7-12-21)20-23-19(24-27-20)15-9-8-10-16(13-15)26-3/h8-10,13-14,18H,4-7,11-12,21H2,1-3H3,(H,22,25)/p+1/t14-,18+/m0/s1.